The fraction of sp³-hybridized carbons (Fsp3) is 0.200. The summed E-state index contributed by atoms with van der Waals surface area (Å²) in [5.41, 5.74) is 7.78. The Morgan fingerprint density at radius 3 is 2.67 bits per heavy atom. The van der Waals surface area contributed by atoms with Gasteiger partial charge in [0.15, 0.2) is 0 Å². The molecule has 2 amide bonds. The van der Waals surface area contributed by atoms with Crippen molar-refractivity contribution in [3.63, 3.8) is 0 Å². The van der Waals surface area contributed by atoms with E-state index in [1.165, 1.54) is 18.3 Å². The number of hydrazone groups is 1. The van der Waals surface area contributed by atoms with E-state index in [9.17, 15) is 18.0 Å². The molecule has 0 aliphatic carbocycles. The second-order valence-electron chi connectivity index (χ2n) is 3.30. The van der Waals surface area contributed by atoms with Gasteiger partial charge in [0.2, 0.25) is 0 Å². The number of urea groups is 1. The number of carbonyl (C=O) groups is 1. The van der Waals surface area contributed by atoms with Gasteiger partial charge in [-0.05, 0) is 36.2 Å². The van der Waals surface area contributed by atoms with Crippen LogP contribution in [0.2, 0.25) is 0 Å². The molecule has 1 rings (SSSR count). The van der Waals surface area contributed by atoms with E-state index >= 15 is 0 Å². The van der Waals surface area contributed by atoms with Crippen LogP contribution in [0.4, 0.5) is 18.0 Å². The summed E-state index contributed by atoms with van der Waals surface area (Å²) in [5, 5.41) is 3.49. The molecule has 0 spiro atoms. The molecular weight excluding hydrogens is 251 g/mol. The number of halogens is 3. The minimum Gasteiger partial charge on any atom is -0.406 e. The van der Waals surface area contributed by atoms with Crippen molar-refractivity contribution in [2.45, 2.75) is 13.3 Å². The van der Waals surface area contributed by atoms with Crippen LogP contribution in [-0.2, 0) is 0 Å². The normalized spacial score (nSPS) is 11.6. The lowest BCUT2D eigenvalue weighted by Gasteiger charge is -2.10. The molecule has 0 saturated heterocycles. The number of benzene rings is 1. The van der Waals surface area contributed by atoms with Crippen molar-refractivity contribution in [2.24, 2.45) is 10.8 Å². The van der Waals surface area contributed by atoms with Crippen LogP contribution in [0.15, 0.2) is 23.3 Å². The molecule has 1 aromatic carbocycles. The van der Waals surface area contributed by atoms with Crippen LogP contribution in [0, 0.1) is 6.92 Å². The molecule has 0 aromatic heterocycles. The molecule has 98 valence electrons. The first-order chi connectivity index (χ1) is 8.28. The van der Waals surface area contributed by atoms with E-state index in [0.717, 1.165) is 6.07 Å². The molecule has 0 unspecified atom stereocenters. The summed E-state index contributed by atoms with van der Waals surface area (Å²) in [6.45, 7) is 1.58. The third-order valence-corrected chi connectivity index (χ3v) is 1.85. The first-order valence-electron chi connectivity index (χ1n) is 4.73. The number of nitrogens with two attached hydrogens (primary N) is 1. The quantitative estimate of drug-likeness (QED) is 0.644. The fourth-order valence-electron chi connectivity index (χ4n) is 1.16. The molecule has 0 saturated carbocycles. The monoisotopic (exact) mass is 261 g/mol. The summed E-state index contributed by atoms with van der Waals surface area (Å²) < 4.78 is 39.6. The van der Waals surface area contributed by atoms with Crippen molar-refractivity contribution in [3.8, 4) is 5.75 Å². The van der Waals surface area contributed by atoms with Crippen LogP contribution in [0.3, 0.4) is 0 Å². The summed E-state index contributed by atoms with van der Waals surface area (Å²) in [7, 11) is 0. The van der Waals surface area contributed by atoms with Crippen LogP contribution in [0.5, 0.6) is 5.75 Å². The van der Waals surface area contributed by atoms with E-state index in [1.54, 1.807) is 6.92 Å². The topological polar surface area (TPSA) is 76.7 Å². The Bertz CT molecular complexity index is 472. The molecule has 1 aromatic rings. The Hall–Kier alpha value is -2.25. The average Bonchev–Trinajstić information content (AvgIpc) is 2.18. The van der Waals surface area contributed by atoms with Crippen molar-refractivity contribution in [3.05, 3.63) is 29.3 Å². The maximum Gasteiger partial charge on any atom is 0.573 e. The number of ether oxygens (including phenoxy) is 1. The van der Waals surface area contributed by atoms with Gasteiger partial charge in [-0.2, -0.15) is 5.10 Å². The van der Waals surface area contributed by atoms with Crippen LogP contribution in [-0.4, -0.2) is 18.6 Å². The van der Waals surface area contributed by atoms with Gasteiger partial charge in [0.1, 0.15) is 5.75 Å². The molecular formula is C10H10F3N3O2. The smallest absolute Gasteiger partial charge is 0.406 e. The van der Waals surface area contributed by atoms with Gasteiger partial charge in [-0.1, -0.05) is 0 Å². The summed E-state index contributed by atoms with van der Waals surface area (Å²) in [6.07, 6.45) is -3.47. The third-order valence-electron chi connectivity index (χ3n) is 1.85. The van der Waals surface area contributed by atoms with Crippen molar-refractivity contribution in [1.82, 2.24) is 5.43 Å². The summed E-state index contributed by atoms with van der Waals surface area (Å²) >= 11 is 0. The van der Waals surface area contributed by atoms with Gasteiger partial charge in [-0.3, -0.25) is 0 Å². The van der Waals surface area contributed by atoms with Crippen molar-refractivity contribution >= 4 is 12.2 Å². The summed E-state index contributed by atoms with van der Waals surface area (Å²) in [6, 6.07) is 2.90. The number of nitrogens with zero attached hydrogens (tertiary/aromatic N) is 1. The number of hydrogen-bond acceptors (Lipinski definition) is 3. The molecule has 5 nitrogen and oxygen atoms in total. The van der Waals surface area contributed by atoms with E-state index < -0.39 is 12.4 Å². The molecule has 0 fully saturated rings. The van der Waals surface area contributed by atoms with Gasteiger partial charge in [0.05, 0.1) is 6.21 Å². The number of amides is 2. The molecule has 0 aliphatic rings. The highest BCUT2D eigenvalue weighted by atomic mass is 19.4. The Morgan fingerprint density at radius 1 is 1.50 bits per heavy atom. The number of nitrogens with one attached hydrogen (secondary N) is 1. The van der Waals surface area contributed by atoms with Crippen molar-refractivity contribution in [2.75, 3.05) is 0 Å². The highest BCUT2D eigenvalue weighted by Gasteiger charge is 2.31. The highest BCUT2D eigenvalue weighted by molar-refractivity contribution is 5.83. The minimum atomic E-state index is -4.73. The lowest BCUT2D eigenvalue weighted by atomic mass is 10.1. The zero-order valence-electron chi connectivity index (χ0n) is 9.28. The SMILES string of the molecule is Cc1cc(OC(F)(F)F)ccc1C=NNC(N)=O. The van der Waals surface area contributed by atoms with E-state index in [-0.39, 0.29) is 5.75 Å². The number of aryl methyl sites for hydroxylation is 1. The summed E-state index contributed by atoms with van der Waals surface area (Å²) in [4.78, 5) is 10.3. The molecule has 0 radical (unpaired) electrons. The predicted octanol–water partition coefficient (Wildman–Crippen LogP) is 1.90. The van der Waals surface area contributed by atoms with Gasteiger partial charge in [-0.25, -0.2) is 10.2 Å². The van der Waals surface area contributed by atoms with Crippen molar-refractivity contribution < 1.29 is 22.7 Å². The van der Waals surface area contributed by atoms with E-state index in [0.29, 0.717) is 11.1 Å². The van der Waals surface area contributed by atoms with Gasteiger partial charge in [-0.15, -0.1) is 13.2 Å². The highest BCUT2D eigenvalue weighted by Crippen LogP contribution is 2.24. The Kier molecular flexibility index (Phi) is 4.13. The zero-order valence-corrected chi connectivity index (χ0v) is 9.28. The van der Waals surface area contributed by atoms with E-state index in [2.05, 4.69) is 9.84 Å². The number of primary amides is 1. The van der Waals surface area contributed by atoms with Crippen LogP contribution in [0.1, 0.15) is 11.1 Å². The zero-order chi connectivity index (χ0) is 13.8. The molecule has 18 heavy (non-hydrogen) atoms. The Morgan fingerprint density at radius 2 is 2.17 bits per heavy atom. The van der Waals surface area contributed by atoms with E-state index in [1.807, 2.05) is 5.43 Å². The van der Waals surface area contributed by atoms with Gasteiger partial charge < -0.3 is 10.5 Å². The molecule has 8 heteroatoms. The second kappa shape index (κ2) is 5.39. The lowest BCUT2D eigenvalue weighted by Crippen LogP contribution is -2.24. The molecule has 0 aliphatic heterocycles. The maximum absolute atomic E-state index is 12.0. The Balaban J connectivity index is 2.80. The minimum absolute atomic E-state index is 0.319. The summed E-state index contributed by atoms with van der Waals surface area (Å²) in [5.74, 6) is -0.319. The van der Waals surface area contributed by atoms with E-state index in [4.69, 9.17) is 5.73 Å². The first kappa shape index (κ1) is 13.8. The molecule has 3 N–H and O–H groups in total. The van der Waals surface area contributed by atoms with Gasteiger partial charge in [0, 0.05) is 0 Å². The number of hydrogen-bond donors (Lipinski definition) is 2. The van der Waals surface area contributed by atoms with Crippen LogP contribution in [0.25, 0.3) is 0 Å². The second-order valence-corrected chi connectivity index (χ2v) is 3.30. The molecule has 0 heterocycles. The van der Waals surface area contributed by atoms with Crippen molar-refractivity contribution in [1.29, 1.82) is 0 Å². The van der Waals surface area contributed by atoms with Gasteiger partial charge >= 0.3 is 12.4 Å². The first-order valence-corrected chi connectivity index (χ1v) is 4.73. The standard InChI is InChI=1S/C10H10F3N3O2/c1-6-4-8(18-10(11,12)13)3-2-7(6)5-15-16-9(14)17/h2-5H,1H3,(H3,14,16,17). The molecule has 0 atom stereocenters. The average molecular weight is 261 g/mol. The van der Waals surface area contributed by atoms with Crippen LogP contribution < -0.4 is 15.9 Å². The van der Waals surface area contributed by atoms with Crippen LogP contribution >= 0.6 is 0 Å². The third kappa shape index (κ3) is 4.73. The number of rotatable bonds is 3. The fourth-order valence-corrected chi connectivity index (χ4v) is 1.16. The number of carbonyl (C=O) groups excluding carboxylic acids is 1. The largest absolute Gasteiger partial charge is 0.573 e. The predicted molar refractivity (Wildman–Crippen MR) is 58.2 cm³/mol. The Labute approximate surface area is 100 Å². The van der Waals surface area contributed by atoms with Gasteiger partial charge in [0.25, 0.3) is 0 Å². The molecule has 0 bridgehead atoms. The maximum atomic E-state index is 12.0. The lowest BCUT2D eigenvalue weighted by molar-refractivity contribution is -0.274. The number of alkyl halides is 3.